The average molecular weight is 671 g/mol. The van der Waals surface area contributed by atoms with Crippen molar-refractivity contribution in [3.8, 4) is 17.1 Å². The second-order valence-electron chi connectivity index (χ2n) is 12.4. The molecule has 3 aliphatic heterocycles. The normalized spacial score (nSPS) is 25.6. The summed E-state index contributed by atoms with van der Waals surface area (Å²) >= 11 is 0. The van der Waals surface area contributed by atoms with E-state index < -0.39 is 54.8 Å². The molecule has 18 heteroatoms. The number of hydrogen-bond donors (Lipinski definition) is 3. The van der Waals surface area contributed by atoms with Gasteiger partial charge in [-0.15, -0.1) is 0 Å². The van der Waals surface area contributed by atoms with Crippen LogP contribution in [0, 0.1) is 0 Å². The third-order valence-electron chi connectivity index (χ3n) is 9.26. The second-order valence-corrected chi connectivity index (χ2v) is 12.4. The summed E-state index contributed by atoms with van der Waals surface area (Å²) in [5, 5.41) is 16.5. The highest BCUT2D eigenvalue weighted by molar-refractivity contribution is 5.98. The Morgan fingerprint density at radius 3 is 2.47 bits per heavy atom. The summed E-state index contributed by atoms with van der Waals surface area (Å²) in [7, 11) is 1.25. The molecule has 2 amide bonds. The first-order chi connectivity index (χ1) is 22.0. The van der Waals surface area contributed by atoms with Gasteiger partial charge in [0.1, 0.15) is 23.6 Å². The lowest BCUT2D eigenvalue weighted by molar-refractivity contribution is -0.249. The number of likely N-dealkylation sites (tertiary alicyclic amines) is 1. The molecule has 12 nitrogen and oxygen atoms in total. The number of rotatable bonds is 7. The van der Waals surface area contributed by atoms with Crippen molar-refractivity contribution in [2.45, 2.75) is 81.1 Å². The Kier molecular flexibility index (Phi) is 8.01. The molecule has 254 valence electrons. The number of nitrogens with zero attached hydrogens (tertiary/aromatic N) is 6. The molecule has 6 rings (SSSR count). The minimum absolute atomic E-state index is 0.145. The number of pyridine rings is 1. The Hall–Kier alpha value is -4.19. The first kappa shape index (κ1) is 32.7. The van der Waals surface area contributed by atoms with Crippen molar-refractivity contribution in [1.82, 2.24) is 34.7 Å². The van der Waals surface area contributed by atoms with Gasteiger partial charge in [-0.1, -0.05) is 0 Å². The van der Waals surface area contributed by atoms with Crippen molar-refractivity contribution in [2.75, 3.05) is 25.9 Å². The zero-order chi connectivity index (χ0) is 34.1. The van der Waals surface area contributed by atoms with Gasteiger partial charge in [0, 0.05) is 49.8 Å². The standard InChI is InChI=1S/C29H32F6N8O4/c1-27(46,29(33,34)35)26(45)41-11-19(30)20(12-41)40-24(44)18-5-14(9-37-25(18)47-2)21-6-15(22-23(36)38-13-39-43(21)22)10-42-16-3-4-17(42)8-28(31,32)7-16/h5-6,9,13,16-17,19-20,46H,3-4,7-8,10-12H2,1-2H3,(H,40,44)(H2,36,38,39)/t16-,17+,19-,20+,27+/m0/s1. The van der Waals surface area contributed by atoms with Crippen molar-refractivity contribution < 1.29 is 45.8 Å². The Balaban J connectivity index is 1.27. The highest BCUT2D eigenvalue weighted by atomic mass is 19.4. The summed E-state index contributed by atoms with van der Waals surface area (Å²) in [5.74, 6) is -5.35. The number of halogens is 6. The number of fused-ring (bicyclic) bond motifs is 3. The molecule has 0 saturated carbocycles. The number of alkyl halides is 6. The number of hydrogen-bond acceptors (Lipinski definition) is 9. The van der Waals surface area contributed by atoms with E-state index in [-0.39, 0.29) is 49.1 Å². The minimum Gasteiger partial charge on any atom is -0.480 e. The van der Waals surface area contributed by atoms with Crippen LogP contribution >= 0.6 is 0 Å². The number of ether oxygens (including phenoxy) is 1. The van der Waals surface area contributed by atoms with Gasteiger partial charge >= 0.3 is 6.18 Å². The van der Waals surface area contributed by atoms with Gasteiger partial charge < -0.3 is 25.8 Å². The van der Waals surface area contributed by atoms with E-state index in [2.05, 4.69) is 20.4 Å². The number of aliphatic hydroxyl groups is 1. The van der Waals surface area contributed by atoms with Crippen molar-refractivity contribution in [3.63, 3.8) is 0 Å². The second kappa shape index (κ2) is 11.5. The molecule has 3 fully saturated rings. The van der Waals surface area contributed by atoms with Gasteiger partial charge in [-0.2, -0.15) is 18.3 Å². The topological polar surface area (TPSA) is 151 Å². The first-order valence-electron chi connectivity index (χ1n) is 14.8. The lowest BCUT2D eigenvalue weighted by Gasteiger charge is -2.38. The molecule has 3 aromatic heterocycles. The van der Waals surface area contributed by atoms with Crippen molar-refractivity contribution in [3.05, 3.63) is 35.8 Å². The number of aromatic nitrogens is 4. The van der Waals surface area contributed by atoms with Gasteiger partial charge in [0.15, 0.2) is 5.82 Å². The first-order valence-corrected chi connectivity index (χ1v) is 14.8. The van der Waals surface area contributed by atoms with Crippen LogP contribution in [0.25, 0.3) is 16.8 Å². The number of carbonyl (C=O) groups excluding carboxylic acids is 2. The van der Waals surface area contributed by atoms with Gasteiger partial charge in [0.2, 0.25) is 11.5 Å². The quantitative estimate of drug-likeness (QED) is 0.323. The molecule has 2 bridgehead atoms. The summed E-state index contributed by atoms with van der Waals surface area (Å²) in [6, 6.07) is 1.15. The van der Waals surface area contributed by atoms with Gasteiger partial charge in [0.05, 0.1) is 25.4 Å². The fourth-order valence-electron chi connectivity index (χ4n) is 6.81. The Morgan fingerprint density at radius 1 is 1.15 bits per heavy atom. The van der Waals surface area contributed by atoms with E-state index >= 15 is 0 Å². The molecule has 5 atom stereocenters. The fourth-order valence-corrected chi connectivity index (χ4v) is 6.81. The third kappa shape index (κ3) is 5.81. The SMILES string of the molecule is COc1ncc(-c2cc(CN3[C@@H]4CC[C@H]3CC(F)(F)C4)c3c(N)ncnn23)cc1C(=O)N[C@@H]1CN(C(=O)[C@@](C)(O)C(F)(F)F)C[C@@H]1F. The lowest BCUT2D eigenvalue weighted by atomic mass is 9.98. The molecule has 3 aromatic rings. The molecule has 6 heterocycles. The van der Waals surface area contributed by atoms with E-state index in [0.29, 0.717) is 46.6 Å². The van der Waals surface area contributed by atoms with E-state index in [0.717, 1.165) is 0 Å². The number of amides is 2. The van der Waals surface area contributed by atoms with Crippen LogP contribution < -0.4 is 15.8 Å². The Bertz CT molecular complexity index is 1700. The molecular formula is C29H32F6N8O4. The zero-order valence-electron chi connectivity index (χ0n) is 25.3. The summed E-state index contributed by atoms with van der Waals surface area (Å²) in [5.41, 5.74) is 4.25. The highest BCUT2D eigenvalue weighted by Gasteiger charge is 2.58. The van der Waals surface area contributed by atoms with Crippen LogP contribution in [0.3, 0.4) is 0 Å². The number of methoxy groups -OCH3 is 1. The van der Waals surface area contributed by atoms with Crippen LogP contribution in [0.2, 0.25) is 0 Å². The lowest BCUT2D eigenvalue weighted by Crippen LogP contribution is -2.56. The summed E-state index contributed by atoms with van der Waals surface area (Å²) in [6.07, 6.45) is -3.76. The number of nitrogen functional groups attached to an aromatic ring is 1. The van der Waals surface area contributed by atoms with Gasteiger partial charge in [-0.05, 0) is 37.5 Å². The van der Waals surface area contributed by atoms with Gasteiger partial charge in [-0.3, -0.25) is 14.5 Å². The van der Waals surface area contributed by atoms with Crippen LogP contribution in [0.1, 0.15) is 48.5 Å². The van der Waals surface area contributed by atoms with Crippen molar-refractivity contribution in [2.24, 2.45) is 0 Å². The molecule has 3 saturated heterocycles. The maximum atomic E-state index is 14.9. The number of anilines is 1. The molecule has 47 heavy (non-hydrogen) atoms. The van der Waals surface area contributed by atoms with Crippen LogP contribution in [0.4, 0.5) is 32.2 Å². The highest BCUT2D eigenvalue weighted by Crippen LogP contribution is 2.45. The molecule has 0 radical (unpaired) electrons. The van der Waals surface area contributed by atoms with Crippen LogP contribution in [-0.2, 0) is 11.3 Å². The molecule has 3 aliphatic rings. The van der Waals surface area contributed by atoms with E-state index in [1.54, 1.807) is 6.07 Å². The molecule has 0 unspecified atom stereocenters. The summed E-state index contributed by atoms with van der Waals surface area (Å²) in [4.78, 5) is 36.6. The summed E-state index contributed by atoms with van der Waals surface area (Å²) in [6.45, 7) is -0.816. The maximum Gasteiger partial charge on any atom is 0.426 e. The smallest absolute Gasteiger partial charge is 0.426 e. The van der Waals surface area contributed by atoms with Crippen LogP contribution in [0.15, 0.2) is 24.7 Å². The predicted molar refractivity (Wildman–Crippen MR) is 153 cm³/mol. The third-order valence-corrected chi connectivity index (χ3v) is 9.26. The van der Waals surface area contributed by atoms with E-state index in [9.17, 15) is 41.0 Å². The average Bonchev–Trinajstić information content (AvgIpc) is 3.63. The molecule has 0 aliphatic carbocycles. The van der Waals surface area contributed by atoms with Gasteiger partial charge in [0.25, 0.3) is 17.7 Å². The fraction of sp³-hybridized carbons (Fsp3) is 0.552. The van der Waals surface area contributed by atoms with E-state index in [4.69, 9.17) is 10.5 Å². The monoisotopic (exact) mass is 670 g/mol. The molecule has 0 aromatic carbocycles. The zero-order valence-corrected chi connectivity index (χ0v) is 25.3. The minimum atomic E-state index is -5.29. The predicted octanol–water partition coefficient (Wildman–Crippen LogP) is 2.74. The van der Waals surface area contributed by atoms with Crippen LogP contribution in [-0.4, -0.2) is 108 Å². The number of nitrogens with one attached hydrogen (secondary N) is 1. The largest absolute Gasteiger partial charge is 0.480 e. The van der Waals surface area contributed by atoms with Crippen molar-refractivity contribution >= 4 is 23.1 Å². The maximum absolute atomic E-state index is 14.9. The molecular weight excluding hydrogens is 638 g/mol. The van der Waals surface area contributed by atoms with E-state index in [1.807, 2.05) is 4.90 Å². The van der Waals surface area contributed by atoms with Gasteiger partial charge in [-0.25, -0.2) is 27.7 Å². The number of nitrogens with two attached hydrogens (primary N) is 1. The Labute approximate surface area is 263 Å². The molecule has 4 N–H and O–H groups in total. The van der Waals surface area contributed by atoms with Crippen LogP contribution in [0.5, 0.6) is 5.88 Å². The Morgan fingerprint density at radius 2 is 1.83 bits per heavy atom. The summed E-state index contributed by atoms with van der Waals surface area (Å²) < 4.78 is 89.7. The number of piperidine rings is 1. The number of carbonyl (C=O) groups is 2. The van der Waals surface area contributed by atoms with Crippen molar-refractivity contribution in [1.29, 1.82) is 0 Å². The van der Waals surface area contributed by atoms with E-state index in [1.165, 1.54) is 30.2 Å². The molecule has 0 spiro atoms.